The highest BCUT2D eigenvalue weighted by Gasteiger charge is 2.18. The molecule has 0 aliphatic carbocycles. The molecular weight excluding hydrogens is 312 g/mol. The second-order valence-electron chi connectivity index (χ2n) is 6.37. The van der Waals surface area contributed by atoms with Crippen LogP contribution in [0.5, 0.6) is 0 Å². The summed E-state index contributed by atoms with van der Waals surface area (Å²) in [5, 5.41) is 8.22. The van der Waals surface area contributed by atoms with Crippen molar-refractivity contribution in [1.29, 1.82) is 0 Å². The largest absolute Gasteiger partial charge is 0.378 e. The van der Waals surface area contributed by atoms with E-state index in [-0.39, 0.29) is 0 Å². The Bertz CT molecular complexity index is 653. The maximum Gasteiger partial charge on any atom is 0.124 e. The third-order valence-electron chi connectivity index (χ3n) is 4.84. The summed E-state index contributed by atoms with van der Waals surface area (Å²) in [7, 11) is 0. The zero-order valence-corrected chi connectivity index (χ0v) is 15.7. The van der Waals surface area contributed by atoms with Crippen LogP contribution in [0, 0.1) is 0 Å². The molecule has 1 atom stereocenters. The Balaban J connectivity index is 0.000000880. The van der Waals surface area contributed by atoms with E-state index >= 15 is 0 Å². The molecule has 0 radical (unpaired) electrons. The molecule has 0 amide bonds. The van der Waals surface area contributed by atoms with Crippen LogP contribution in [0.25, 0.3) is 0 Å². The van der Waals surface area contributed by atoms with E-state index in [0.717, 1.165) is 57.3 Å². The van der Waals surface area contributed by atoms with Crippen molar-refractivity contribution in [3.8, 4) is 0 Å². The molecular formula is C20H30N4O. The molecule has 1 N–H and O–H groups in total. The average molecular weight is 342 g/mol. The monoisotopic (exact) mass is 342 g/mol. The van der Waals surface area contributed by atoms with Gasteiger partial charge in [0, 0.05) is 43.9 Å². The van der Waals surface area contributed by atoms with E-state index in [2.05, 4.69) is 52.2 Å². The molecule has 0 spiro atoms. The van der Waals surface area contributed by atoms with Gasteiger partial charge in [0.15, 0.2) is 0 Å². The minimum atomic E-state index is 0.302. The number of morpholine rings is 1. The highest BCUT2D eigenvalue weighted by atomic mass is 16.5. The van der Waals surface area contributed by atoms with Crippen molar-refractivity contribution in [2.24, 2.45) is 0 Å². The molecule has 1 aromatic carbocycles. The predicted octanol–water partition coefficient (Wildman–Crippen LogP) is 3.71. The second kappa shape index (κ2) is 8.39. The molecule has 5 nitrogen and oxygen atoms in total. The molecule has 1 fully saturated rings. The molecule has 1 aromatic heterocycles. The molecule has 25 heavy (non-hydrogen) atoms. The Morgan fingerprint density at radius 2 is 1.92 bits per heavy atom. The van der Waals surface area contributed by atoms with Crippen molar-refractivity contribution in [2.45, 2.75) is 39.7 Å². The lowest BCUT2D eigenvalue weighted by Crippen LogP contribution is -2.36. The molecule has 5 heteroatoms. The van der Waals surface area contributed by atoms with Gasteiger partial charge in [0.25, 0.3) is 0 Å². The first-order chi connectivity index (χ1) is 12.3. The van der Waals surface area contributed by atoms with Gasteiger partial charge in [-0.2, -0.15) is 5.10 Å². The van der Waals surface area contributed by atoms with Crippen LogP contribution in [-0.2, 0) is 11.3 Å². The standard InChI is InChI=1S/C18H24N4O.C2H6/c1-14(17-13-18-19-6-3-7-22(18)20-17)15-4-2-5-16(12-15)21-8-10-23-11-9-21;1-2/h2,4-5,12-14,19H,3,6-11H2,1H3;1-2H3. The molecule has 2 aromatic rings. The Kier molecular flexibility index (Phi) is 5.97. The van der Waals surface area contributed by atoms with Crippen molar-refractivity contribution >= 4 is 11.5 Å². The molecule has 0 bridgehead atoms. The molecule has 1 saturated heterocycles. The first kappa shape index (κ1) is 17.8. The fourth-order valence-electron chi connectivity index (χ4n) is 3.39. The number of aryl methyl sites for hydroxylation is 1. The van der Waals surface area contributed by atoms with E-state index in [1.165, 1.54) is 11.3 Å². The number of ether oxygens (including phenoxy) is 1. The third kappa shape index (κ3) is 3.98. The van der Waals surface area contributed by atoms with Crippen molar-refractivity contribution in [3.05, 3.63) is 41.6 Å². The Morgan fingerprint density at radius 1 is 1.12 bits per heavy atom. The Hall–Kier alpha value is -2.01. The third-order valence-corrected chi connectivity index (χ3v) is 4.84. The zero-order chi connectivity index (χ0) is 17.6. The van der Waals surface area contributed by atoms with Crippen molar-refractivity contribution < 1.29 is 4.74 Å². The van der Waals surface area contributed by atoms with Gasteiger partial charge >= 0.3 is 0 Å². The minimum absolute atomic E-state index is 0.302. The lowest BCUT2D eigenvalue weighted by Gasteiger charge is -2.29. The summed E-state index contributed by atoms with van der Waals surface area (Å²) in [4.78, 5) is 2.40. The SMILES string of the molecule is CC.CC(c1cccc(N2CCOCC2)c1)c1cc2n(n1)CCCN2. The number of fused-ring (bicyclic) bond motifs is 1. The predicted molar refractivity (Wildman–Crippen MR) is 104 cm³/mol. The van der Waals surface area contributed by atoms with Crippen LogP contribution in [-0.4, -0.2) is 42.6 Å². The van der Waals surface area contributed by atoms with Gasteiger partial charge in [-0.1, -0.05) is 32.9 Å². The van der Waals surface area contributed by atoms with Crippen LogP contribution in [0.1, 0.15) is 44.4 Å². The number of anilines is 2. The van der Waals surface area contributed by atoms with Crippen LogP contribution < -0.4 is 10.2 Å². The normalized spacial score (nSPS) is 17.8. The summed E-state index contributed by atoms with van der Waals surface area (Å²) < 4.78 is 7.55. The number of aromatic nitrogens is 2. The van der Waals surface area contributed by atoms with Gasteiger partial charge in [0.05, 0.1) is 18.9 Å². The van der Waals surface area contributed by atoms with Crippen LogP contribution in [0.3, 0.4) is 0 Å². The van der Waals surface area contributed by atoms with Crippen LogP contribution >= 0.6 is 0 Å². The fraction of sp³-hybridized carbons (Fsp3) is 0.550. The highest BCUT2D eigenvalue weighted by Crippen LogP contribution is 2.29. The van der Waals surface area contributed by atoms with E-state index in [0.29, 0.717) is 5.92 Å². The van der Waals surface area contributed by atoms with Crippen molar-refractivity contribution in [3.63, 3.8) is 0 Å². The van der Waals surface area contributed by atoms with Gasteiger partial charge in [-0.3, -0.25) is 0 Å². The van der Waals surface area contributed by atoms with Gasteiger partial charge in [-0.25, -0.2) is 4.68 Å². The highest BCUT2D eigenvalue weighted by molar-refractivity contribution is 5.51. The summed E-state index contributed by atoms with van der Waals surface area (Å²) in [6.45, 7) is 11.9. The van der Waals surface area contributed by atoms with Gasteiger partial charge in [0.1, 0.15) is 5.82 Å². The zero-order valence-electron chi connectivity index (χ0n) is 15.7. The Labute approximate surface area is 151 Å². The summed E-state index contributed by atoms with van der Waals surface area (Å²) in [6.07, 6.45) is 1.15. The number of benzene rings is 1. The van der Waals surface area contributed by atoms with Crippen LogP contribution in [0.15, 0.2) is 30.3 Å². The van der Waals surface area contributed by atoms with Crippen molar-refractivity contribution in [1.82, 2.24) is 9.78 Å². The van der Waals surface area contributed by atoms with E-state index in [1.807, 2.05) is 13.8 Å². The summed E-state index contributed by atoms with van der Waals surface area (Å²) in [5.41, 5.74) is 3.76. The lowest BCUT2D eigenvalue weighted by molar-refractivity contribution is 0.122. The number of rotatable bonds is 3. The smallest absolute Gasteiger partial charge is 0.124 e. The quantitative estimate of drug-likeness (QED) is 0.923. The molecule has 4 rings (SSSR count). The van der Waals surface area contributed by atoms with E-state index in [9.17, 15) is 0 Å². The van der Waals surface area contributed by atoms with Gasteiger partial charge in [-0.05, 0) is 24.1 Å². The minimum Gasteiger partial charge on any atom is -0.378 e. The van der Waals surface area contributed by atoms with Gasteiger partial charge < -0.3 is 15.0 Å². The molecule has 1 unspecified atom stereocenters. The number of nitrogens with zero attached hydrogens (tertiary/aromatic N) is 3. The van der Waals surface area contributed by atoms with E-state index in [1.54, 1.807) is 0 Å². The Morgan fingerprint density at radius 3 is 2.68 bits per heavy atom. The summed E-state index contributed by atoms with van der Waals surface area (Å²) in [5.74, 6) is 1.46. The summed E-state index contributed by atoms with van der Waals surface area (Å²) >= 11 is 0. The average Bonchev–Trinajstić information content (AvgIpc) is 3.14. The maximum absolute atomic E-state index is 5.45. The van der Waals surface area contributed by atoms with E-state index < -0.39 is 0 Å². The first-order valence-corrected chi connectivity index (χ1v) is 9.55. The second-order valence-corrected chi connectivity index (χ2v) is 6.37. The number of nitrogens with one attached hydrogen (secondary N) is 1. The van der Waals surface area contributed by atoms with Gasteiger partial charge in [-0.15, -0.1) is 0 Å². The fourth-order valence-corrected chi connectivity index (χ4v) is 3.39. The van der Waals surface area contributed by atoms with E-state index in [4.69, 9.17) is 9.84 Å². The molecule has 0 saturated carbocycles. The molecule has 2 aliphatic rings. The topological polar surface area (TPSA) is 42.3 Å². The molecule has 2 aliphatic heterocycles. The van der Waals surface area contributed by atoms with Crippen LogP contribution in [0.2, 0.25) is 0 Å². The van der Waals surface area contributed by atoms with Crippen molar-refractivity contribution in [2.75, 3.05) is 43.1 Å². The van der Waals surface area contributed by atoms with Gasteiger partial charge in [0.2, 0.25) is 0 Å². The molecule has 136 valence electrons. The molecule has 3 heterocycles. The van der Waals surface area contributed by atoms with Crippen LogP contribution in [0.4, 0.5) is 11.5 Å². The number of hydrogen-bond donors (Lipinski definition) is 1. The number of hydrogen-bond acceptors (Lipinski definition) is 4. The first-order valence-electron chi connectivity index (χ1n) is 9.55. The summed E-state index contributed by atoms with van der Waals surface area (Å²) in [6, 6.07) is 11.1. The maximum atomic E-state index is 5.45. The lowest BCUT2D eigenvalue weighted by atomic mass is 9.97.